The molecule has 0 aliphatic carbocycles. The van der Waals surface area contributed by atoms with Crippen molar-refractivity contribution in [2.75, 3.05) is 7.11 Å². The van der Waals surface area contributed by atoms with Crippen LogP contribution in [0.5, 0.6) is 28.7 Å². The molecule has 4 aromatic heterocycles. The van der Waals surface area contributed by atoms with Gasteiger partial charge in [-0.15, -0.1) is 0 Å². The van der Waals surface area contributed by atoms with Crippen molar-refractivity contribution >= 4 is 46.2 Å². The molecule has 0 unspecified atom stereocenters. The molecule has 0 amide bonds. The molecule has 4 heterocycles. The van der Waals surface area contributed by atoms with Gasteiger partial charge < -0.3 is 34.3 Å². The maximum absolute atomic E-state index is 10.6. The van der Waals surface area contributed by atoms with Crippen molar-refractivity contribution in [1.82, 2.24) is 38.7 Å². The molecule has 8 rings (SSSR count). The number of nitrogens with one attached hydrogen (secondary N) is 2. The van der Waals surface area contributed by atoms with E-state index >= 15 is 0 Å². The number of aryl methyl sites for hydroxylation is 2. The lowest BCUT2D eigenvalue weighted by Gasteiger charge is -2.16. The monoisotopic (exact) mass is 846 g/mol. The number of aromatic hydroxyl groups is 4. The normalized spacial score (nSPS) is 11.7. The van der Waals surface area contributed by atoms with E-state index in [0.29, 0.717) is 44.7 Å². The number of H-pyrrole nitrogens is 2. The summed E-state index contributed by atoms with van der Waals surface area (Å²) in [6.45, 7) is 14.5. The van der Waals surface area contributed by atoms with E-state index in [4.69, 9.17) is 29.2 Å². The van der Waals surface area contributed by atoms with Crippen LogP contribution in [0.1, 0.15) is 83.0 Å². The average molecular weight is 847 g/mol. The smallest absolute Gasteiger partial charge is 0.200 e. The highest BCUT2D eigenvalue weighted by Crippen LogP contribution is 2.41. The Morgan fingerprint density at radius 3 is 1.93 bits per heavy atom. The van der Waals surface area contributed by atoms with Crippen LogP contribution in [-0.2, 0) is 13.5 Å². The summed E-state index contributed by atoms with van der Waals surface area (Å²) in [5.41, 5.74) is 7.52. The van der Waals surface area contributed by atoms with Crippen LogP contribution in [0.25, 0.3) is 56.0 Å². The van der Waals surface area contributed by atoms with Gasteiger partial charge in [-0.3, -0.25) is 19.3 Å². The molecular formula is C45H50N8O5S2. The zero-order valence-corrected chi connectivity index (χ0v) is 36.7. The molecule has 0 saturated carbocycles. The first-order valence-corrected chi connectivity index (χ1v) is 20.6. The Morgan fingerprint density at radius 1 is 0.700 bits per heavy atom. The molecule has 0 radical (unpaired) electrons. The van der Waals surface area contributed by atoms with E-state index in [-0.39, 0.29) is 35.0 Å². The molecule has 312 valence electrons. The Kier molecular flexibility index (Phi) is 11.4. The molecule has 60 heavy (non-hydrogen) atoms. The Bertz CT molecular complexity index is 3020. The van der Waals surface area contributed by atoms with Crippen LogP contribution in [0.2, 0.25) is 0 Å². The van der Waals surface area contributed by atoms with E-state index in [1.807, 2.05) is 62.8 Å². The lowest BCUT2D eigenvalue weighted by molar-refractivity contribution is 0.416. The third kappa shape index (κ3) is 7.32. The van der Waals surface area contributed by atoms with Crippen molar-refractivity contribution < 1.29 is 25.2 Å². The van der Waals surface area contributed by atoms with Crippen molar-refractivity contribution in [1.29, 1.82) is 0 Å². The molecule has 8 aromatic rings. The number of fused-ring (bicyclic) bond motifs is 2. The third-order valence-electron chi connectivity index (χ3n) is 10.9. The fourth-order valence-corrected chi connectivity index (χ4v) is 8.24. The van der Waals surface area contributed by atoms with Crippen LogP contribution in [0.4, 0.5) is 0 Å². The summed E-state index contributed by atoms with van der Waals surface area (Å²) < 4.78 is 14.4. The van der Waals surface area contributed by atoms with Crippen LogP contribution in [-0.4, -0.2) is 66.2 Å². The van der Waals surface area contributed by atoms with Gasteiger partial charge in [0, 0.05) is 53.9 Å². The molecule has 0 aliphatic heterocycles. The SMILES string of the molecule is CCc1cc(-c2n[nH]c(=S)n2-c2ccc3c(c2)c(C(C)C)cn3C)c(O)cc1O.COc1ccc(-n2c(-c3cc(C(C)C)c(O)cc3O)n[nH]c2=S)c2ccn(C(C)C)c12. The van der Waals surface area contributed by atoms with Gasteiger partial charge in [0.2, 0.25) is 0 Å². The maximum atomic E-state index is 10.6. The lowest BCUT2D eigenvalue weighted by atomic mass is 9.98. The minimum atomic E-state index is -0.0679. The number of phenolic OH excluding ortho intramolecular Hbond substituents is 4. The van der Waals surface area contributed by atoms with Gasteiger partial charge in [0.1, 0.15) is 28.7 Å². The summed E-state index contributed by atoms with van der Waals surface area (Å²) >= 11 is 11.1. The van der Waals surface area contributed by atoms with Gasteiger partial charge in [0.15, 0.2) is 21.2 Å². The van der Waals surface area contributed by atoms with Gasteiger partial charge in [-0.25, -0.2) is 0 Å². The molecule has 0 spiro atoms. The van der Waals surface area contributed by atoms with Gasteiger partial charge in [-0.2, -0.15) is 10.2 Å². The average Bonchev–Trinajstić information content (AvgIpc) is 3.99. The number of benzene rings is 4. The number of hydrogen-bond acceptors (Lipinski definition) is 9. The van der Waals surface area contributed by atoms with Crippen molar-refractivity contribution in [3.63, 3.8) is 0 Å². The molecule has 0 saturated heterocycles. The number of ether oxygens (including phenoxy) is 1. The minimum absolute atomic E-state index is 0.0430. The largest absolute Gasteiger partial charge is 0.508 e. The second-order valence-electron chi connectivity index (χ2n) is 15.7. The number of rotatable bonds is 9. The first-order valence-electron chi connectivity index (χ1n) is 19.8. The first-order chi connectivity index (χ1) is 28.6. The molecule has 6 N–H and O–H groups in total. The molecule has 4 aromatic carbocycles. The quantitative estimate of drug-likeness (QED) is 0.0775. The van der Waals surface area contributed by atoms with Crippen LogP contribution < -0.4 is 4.74 Å². The molecule has 15 heteroatoms. The highest BCUT2D eigenvalue weighted by Gasteiger charge is 2.23. The molecule has 0 bridgehead atoms. The fourth-order valence-electron chi connectivity index (χ4n) is 7.78. The summed E-state index contributed by atoms with van der Waals surface area (Å²) in [5, 5.41) is 58.0. The summed E-state index contributed by atoms with van der Waals surface area (Å²) in [6, 6.07) is 18.5. The second-order valence-corrected chi connectivity index (χ2v) is 16.5. The first kappa shape index (κ1) is 41.8. The van der Waals surface area contributed by atoms with Gasteiger partial charge in [0.25, 0.3) is 0 Å². The number of aromatic nitrogens is 8. The Labute approximate surface area is 357 Å². The molecule has 13 nitrogen and oxygen atoms in total. The standard InChI is InChI=1S/C23H26N4O3S.C22H24N4O2S/c1-12(2)15-10-16(19(29)11-18(15)28)22-24-25-23(31)27(22)17-6-7-20(30-5)21-14(17)8-9-26(21)13(3)4;1-5-13-8-16(20(28)10-19(13)27)21-23-24-22(29)26(21)14-6-7-18-15(9-14)17(12(2)3)11-25(18)4/h6-13,28-29H,1-5H3,(H,25,31);6-12,27-28H,5H2,1-4H3,(H,24,29). The van der Waals surface area contributed by atoms with Gasteiger partial charge in [-0.1, -0.05) is 34.6 Å². The zero-order valence-electron chi connectivity index (χ0n) is 35.1. The minimum Gasteiger partial charge on any atom is -0.508 e. The van der Waals surface area contributed by atoms with Crippen molar-refractivity contribution in [3.8, 4) is 62.9 Å². The lowest BCUT2D eigenvalue weighted by Crippen LogP contribution is -2.03. The number of nitrogens with zero attached hydrogens (tertiary/aromatic N) is 6. The summed E-state index contributed by atoms with van der Waals surface area (Å²) in [7, 11) is 3.70. The van der Waals surface area contributed by atoms with Crippen LogP contribution >= 0.6 is 24.4 Å². The third-order valence-corrected chi connectivity index (χ3v) is 11.4. The van der Waals surface area contributed by atoms with Gasteiger partial charge >= 0.3 is 0 Å². The Balaban J connectivity index is 0.000000182. The summed E-state index contributed by atoms with van der Waals surface area (Å²) in [6.07, 6.45) is 4.82. The number of hydrogen-bond donors (Lipinski definition) is 6. The van der Waals surface area contributed by atoms with E-state index < -0.39 is 0 Å². The van der Waals surface area contributed by atoms with Crippen LogP contribution in [0, 0.1) is 9.54 Å². The summed E-state index contributed by atoms with van der Waals surface area (Å²) in [4.78, 5) is 0. The predicted molar refractivity (Wildman–Crippen MR) is 241 cm³/mol. The van der Waals surface area contributed by atoms with E-state index in [0.717, 1.165) is 44.7 Å². The maximum Gasteiger partial charge on any atom is 0.200 e. The molecule has 0 atom stereocenters. The van der Waals surface area contributed by atoms with Crippen molar-refractivity contribution in [2.45, 2.75) is 72.8 Å². The molecular weight excluding hydrogens is 797 g/mol. The fraction of sp³-hybridized carbons (Fsp3) is 0.289. The van der Waals surface area contributed by atoms with Crippen LogP contribution in [0.15, 0.2) is 73.1 Å². The zero-order chi connectivity index (χ0) is 43.3. The Hall–Kier alpha value is -6.32. The Morgan fingerprint density at radius 2 is 1.32 bits per heavy atom. The van der Waals surface area contributed by atoms with E-state index in [1.165, 1.54) is 23.1 Å². The van der Waals surface area contributed by atoms with Crippen molar-refractivity contribution in [2.24, 2.45) is 7.05 Å². The van der Waals surface area contributed by atoms with E-state index in [9.17, 15) is 20.4 Å². The van der Waals surface area contributed by atoms with Gasteiger partial charge in [0.05, 0.1) is 35.1 Å². The summed E-state index contributed by atoms with van der Waals surface area (Å²) in [5.74, 6) is 2.21. The molecule has 0 fully saturated rings. The number of phenols is 4. The topological polar surface area (TPSA) is 167 Å². The van der Waals surface area contributed by atoms with Gasteiger partial charge in [-0.05, 0) is 122 Å². The number of methoxy groups -OCH3 is 1. The second kappa shape index (κ2) is 16.4. The van der Waals surface area contributed by atoms with Crippen molar-refractivity contribution in [3.05, 3.63) is 99.3 Å². The van der Waals surface area contributed by atoms with E-state index in [1.54, 1.807) is 23.8 Å². The molecule has 0 aliphatic rings. The number of aromatic amines is 2. The highest BCUT2D eigenvalue weighted by atomic mass is 32.1. The predicted octanol–water partition coefficient (Wildman–Crippen LogP) is 10.9. The van der Waals surface area contributed by atoms with E-state index in [2.05, 4.69) is 75.6 Å². The van der Waals surface area contributed by atoms with Crippen LogP contribution in [0.3, 0.4) is 0 Å². The highest BCUT2D eigenvalue weighted by molar-refractivity contribution is 7.71.